The highest BCUT2D eigenvalue weighted by Gasteiger charge is 2.06. The third-order valence-electron chi connectivity index (χ3n) is 2.22. The molecule has 0 saturated carbocycles. The Hall–Kier alpha value is -2.56. The summed E-state index contributed by atoms with van der Waals surface area (Å²) >= 11 is 0. The van der Waals surface area contributed by atoms with Gasteiger partial charge >= 0.3 is 0 Å². The van der Waals surface area contributed by atoms with Crippen molar-refractivity contribution in [2.75, 3.05) is 0 Å². The first-order valence-corrected chi connectivity index (χ1v) is 5.33. The lowest BCUT2D eigenvalue weighted by Crippen LogP contribution is -2.14. The molecule has 2 rings (SSSR count). The van der Waals surface area contributed by atoms with E-state index < -0.39 is 0 Å². The Morgan fingerprint density at radius 2 is 2.11 bits per heavy atom. The molecule has 5 heteroatoms. The molecule has 1 aromatic carbocycles. The van der Waals surface area contributed by atoms with Gasteiger partial charge in [0.15, 0.2) is 0 Å². The number of hydrogen-bond acceptors (Lipinski definition) is 4. The molecule has 2 N–H and O–H groups in total. The maximum absolute atomic E-state index is 11.4. The van der Waals surface area contributed by atoms with E-state index in [-0.39, 0.29) is 23.6 Å². The molecular weight excluding hydrogens is 232 g/mol. The lowest BCUT2D eigenvalue weighted by atomic mass is 10.2. The Morgan fingerprint density at radius 1 is 1.39 bits per heavy atom. The normalized spacial score (nSPS) is 10.0. The summed E-state index contributed by atoms with van der Waals surface area (Å²) < 4.78 is 5.46. The van der Waals surface area contributed by atoms with E-state index in [4.69, 9.17) is 9.84 Å². The Kier molecular flexibility index (Phi) is 3.43. The molecule has 2 aromatic rings. The van der Waals surface area contributed by atoms with E-state index in [2.05, 4.69) is 16.8 Å². The lowest BCUT2D eigenvalue weighted by Gasteiger charge is -2.05. The van der Waals surface area contributed by atoms with Gasteiger partial charge in [0.25, 0.3) is 5.56 Å². The smallest absolute Gasteiger partial charge is 0.268 e. The van der Waals surface area contributed by atoms with Crippen LogP contribution in [-0.4, -0.2) is 15.3 Å². The predicted octanol–water partition coefficient (Wildman–Crippen LogP) is 2.18. The molecule has 0 radical (unpaired) electrons. The number of benzene rings is 1. The predicted molar refractivity (Wildman–Crippen MR) is 66.8 cm³/mol. The van der Waals surface area contributed by atoms with Gasteiger partial charge in [-0.3, -0.25) is 4.79 Å². The molecule has 92 valence electrons. The van der Waals surface area contributed by atoms with Crippen LogP contribution in [0.4, 0.5) is 0 Å². The van der Waals surface area contributed by atoms with Gasteiger partial charge in [0.05, 0.1) is 5.76 Å². The van der Waals surface area contributed by atoms with E-state index >= 15 is 0 Å². The Balaban J connectivity index is 2.24. The van der Waals surface area contributed by atoms with Gasteiger partial charge in [0, 0.05) is 18.1 Å². The van der Waals surface area contributed by atoms with Gasteiger partial charge < -0.3 is 9.84 Å². The summed E-state index contributed by atoms with van der Waals surface area (Å²) in [5.41, 5.74) is -0.0194. The second-order valence-corrected chi connectivity index (χ2v) is 3.72. The van der Waals surface area contributed by atoms with Crippen LogP contribution >= 0.6 is 0 Å². The summed E-state index contributed by atoms with van der Waals surface area (Å²) in [6.45, 7) is 3.35. The largest absolute Gasteiger partial charge is 0.513 e. The molecule has 0 fully saturated rings. The first kappa shape index (κ1) is 11.9. The van der Waals surface area contributed by atoms with Crippen LogP contribution in [0.15, 0.2) is 53.5 Å². The summed E-state index contributed by atoms with van der Waals surface area (Å²) in [4.78, 5) is 11.4. The Bertz CT molecular complexity index is 605. The minimum Gasteiger partial charge on any atom is -0.513 e. The van der Waals surface area contributed by atoms with Gasteiger partial charge in [-0.05, 0) is 12.1 Å². The zero-order valence-electron chi connectivity index (χ0n) is 9.59. The molecule has 1 heterocycles. The van der Waals surface area contributed by atoms with Crippen LogP contribution in [0.5, 0.6) is 11.6 Å². The summed E-state index contributed by atoms with van der Waals surface area (Å²) in [6.07, 6.45) is 0.0724. The van der Waals surface area contributed by atoms with E-state index in [0.29, 0.717) is 11.3 Å². The van der Waals surface area contributed by atoms with Crippen molar-refractivity contribution in [3.8, 4) is 11.6 Å². The van der Waals surface area contributed by atoms with Gasteiger partial charge in [-0.1, -0.05) is 24.8 Å². The standard InChI is InChI=1S/C13H12N2O3/c1-9(16)7-10-8-12(14-15-13(10)17)18-11-5-3-2-4-6-11/h2-6,8,16H,1,7H2,(H,15,17). The molecule has 0 atom stereocenters. The highest BCUT2D eigenvalue weighted by molar-refractivity contribution is 5.28. The number of aromatic nitrogens is 2. The first-order valence-electron chi connectivity index (χ1n) is 5.33. The second kappa shape index (κ2) is 5.18. The quantitative estimate of drug-likeness (QED) is 0.808. The number of H-pyrrole nitrogens is 1. The number of hydrogen-bond donors (Lipinski definition) is 2. The molecule has 1 aromatic heterocycles. The van der Waals surface area contributed by atoms with Crippen molar-refractivity contribution in [3.05, 3.63) is 64.7 Å². The third-order valence-corrected chi connectivity index (χ3v) is 2.22. The molecule has 0 bridgehead atoms. The molecule has 18 heavy (non-hydrogen) atoms. The fraction of sp³-hybridized carbons (Fsp3) is 0.0769. The van der Waals surface area contributed by atoms with Crippen LogP contribution in [0.2, 0.25) is 0 Å². The van der Waals surface area contributed by atoms with E-state index in [1.807, 2.05) is 18.2 Å². The lowest BCUT2D eigenvalue weighted by molar-refractivity contribution is 0.400. The minimum absolute atomic E-state index is 0.0724. The SMILES string of the molecule is C=C(O)Cc1cc(Oc2ccccc2)n[nH]c1=O. The summed E-state index contributed by atoms with van der Waals surface area (Å²) in [7, 11) is 0. The van der Waals surface area contributed by atoms with Crippen molar-refractivity contribution in [1.29, 1.82) is 0 Å². The van der Waals surface area contributed by atoms with E-state index in [9.17, 15) is 4.79 Å². The first-order chi connectivity index (χ1) is 8.65. The zero-order valence-corrected chi connectivity index (χ0v) is 9.59. The third kappa shape index (κ3) is 2.98. The number of para-hydroxylation sites is 1. The van der Waals surface area contributed by atoms with Gasteiger partial charge in [0.1, 0.15) is 5.75 Å². The van der Waals surface area contributed by atoms with Crippen molar-refractivity contribution in [2.45, 2.75) is 6.42 Å². The van der Waals surface area contributed by atoms with Crippen molar-refractivity contribution < 1.29 is 9.84 Å². The number of allylic oxidation sites excluding steroid dienone is 1. The van der Waals surface area contributed by atoms with Gasteiger partial charge in [-0.15, -0.1) is 5.10 Å². The fourth-order valence-corrected chi connectivity index (χ4v) is 1.44. The molecule has 5 nitrogen and oxygen atoms in total. The molecule has 0 spiro atoms. The second-order valence-electron chi connectivity index (χ2n) is 3.72. The zero-order chi connectivity index (χ0) is 13.0. The topological polar surface area (TPSA) is 75.2 Å². The molecule has 0 amide bonds. The summed E-state index contributed by atoms with van der Waals surface area (Å²) in [5.74, 6) is 0.792. The fourth-order valence-electron chi connectivity index (χ4n) is 1.44. The Labute approximate surface area is 103 Å². The van der Waals surface area contributed by atoms with Crippen molar-refractivity contribution in [1.82, 2.24) is 10.2 Å². The molecule has 0 aliphatic carbocycles. The average molecular weight is 244 g/mol. The van der Waals surface area contributed by atoms with E-state index in [1.54, 1.807) is 12.1 Å². The minimum atomic E-state index is -0.370. The van der Waals surface area contributed by atoms with Crippen LogP contribution in [0.25, 0.3) is 0 Å². The number of aliphatic hydroxyl groups excluding tert-OH is 1. The number of rotatable bonds is 4. The van der Waals surface area contributed by atoms with Crippen LogP contribution in [-0.2, 0) is 6.42 Å². The van der Waals surface area contributed by atoms with E-state index in [1.165, 1.54) is 6.07 Å². The van der Waals surface area contributed by atoms with Crippen molar-refractivity contribution in [3.63, 3.8) is 0 Å². The van der Waals surface area contributed by atoms with Gasteiger partial charge in [-0.25, -0.2) is 5.10 Å². The number of ether oxygens (including phenoxy) is 1. The average Bonchev–Trinajstić information content (AvgIpc) is 2.34. The highest BCUT2D eigenvalue weighted by atomic mass is 16.5. The van der Waals surface area contributed by atoms with Crippen molar-refractivity contribution in [2.24, 2.45) is 0 Å². The summed E-state index contributed by atoms with van der Waals surface area (Å²) in [6, 6.07) is 10.6. The highest BCUT2D eigenvalue weighted by Crippen LogP contribution is 2.18. The number of aliphatic hydroxyl groups is 1. The van der Waals surface area contributed by atoms with Gasteiger partial charge in [-0.2, -0.15) is 0 Å². The number of nitrogens with one attached hydrogen (secondary N) is 1. The monoisotopic (exact) mass is 244 g/mol. The summed E-state index contributed by atoms with van der Waals surface area (Å²) in [5, 5.41) is 15.2. The molecular formula is C13H12N2O3. The molecule has 0 unspecified atom stereocenters. The number of aromatic amines is 1. The van der Waals surface area contributed by atoms with Crippen LogP contribution in [0.3, 0.4) is 0 Å². The molecule has 0 saturated heterocycles. The molecule has 0 aliphatic heterocycles. The van der Waals surface area contributed by atoms with Crippen LogP contribution < -0.4 is 10.3 Å². The maximum atomic E-state index is 11.4. The number of nitrogens with zero attached hydrogens (tertiary/aromatic N) is 1. The maximum Gasteiger partial charge on any atom is 0.268 e. The van der Waals surface area contributed by atoms with E-state index in [0.717, 1.165) is 0 Å². The van der Waals surface area contributed by atoms with Crippen molar-refractivity contribution >= 4 is 0 Å². The van der Waals surface area contributed by atoms with Crippen LogP contribution in [0.1, 0.15) is 5.56 Å². The van der Waals surface area contributed by atoms with Gasteiger partial charge in [0.2, 0.25) is 5.88 Å². The molecule has 0 aliphatic rings. The Morgan fingerprint density at radius 3 is 2.78 bits per heavy atom. The van der Waals surface area contributed by atoms with Crippen LogP contribution in [0, 0.1) is 0 Å².